The highest BCUT2D eigenvalue weighted by Gasteiger charge is 1.82. The van der Waals surface area contributed by atoms with Gasteiger partial charge in [-0.2, -0.15) is 0 Å². The van der Waals surface area contributed by atoms with Gasteiger partial charge in [-0.3, -0.25) is 0 Å². The van der Waals surface area contributed by atoms with Crippen molar-refractivity contribution < 1.29 is 0 Å². The van der Waals surface area contributed by atoms with Crippen molar-refractivity contribution in [1.29, 1.82) is 0 Å². The number of aromatic amines is 1. The lowest BCUT2D eigenvalue weighted by Crippen LogP contribution is -1.68. The molecule has 0 atom stereocenters. The van der Waals surface area contributed by atoms with E-state index in [9.17, 15) is 0 Å². The minimum Gasteiger partial charge on any atom is -0.367 e. The van der Waals surface area contributed by atoms with Gasteiger partial charge in [-0.1, -0.05) is 6.92 Å². The zero-order valence-electron chi connectivity index (χ0n) is 4.36. The van der Waals surface area contributed by atoms with Crippen molar-refractivity contribution in [3.8, 4) is 0 Å². The van der Waals surface area contributed by atoms with Gasteiger partial charge in [-0.15, -0.1) is 0 Å². The maximum absolute atomic E-state index is 3.03. The fourth-order valence-corrected chi connectivity index (χ4v) is 0.522. The van der Waals surface area contributed by atoms with Crippen LogP contribution in [-0.4, -0.2) is 4.98 Å². The number of aryl methyl sites for hydroxylation is 1. The van der Waals surface area contributed by atoms with Gasteiger partial charge in [-0.25, -0.2) is 0 Å². The Hall–Kier alpha value is -0.720. The Morgan fingerprint density at radius 2 is 2.71 bits per heavy atom. The summed E-state index contributed by atoms with van der Waals surface area (Å²) in [6, 6.07) is 3.03. The summed E-state index contributed by atoms with van der Waals surface area (Å²) in [5.74, 6) is 0. The molecule has 1 radical (unpaired) electrons. The average Bonchev–Trinajstić information content (AvgIpc) is 2.14. The molecular formula is C6H8N. The average molecular weight is 94.1 g/mol. The zero-order valence-corrected chi connectivity index (χ0v) is 4.36. The summed E-state index contributed by atoms with van der Waals surface area (Å²) >= 11 is 0. The number of hydrogen-bond donors (Lipinski definition) is 1. The molecule has 0 aromatic carbocycles. The topological polar surface area (TPSA) is 15.8 Å². The molecule has 0 spiro atoms. The third-order valence-electron chi connectivity index (χ3n) is 0.979. The summed E-state index contributed by atoms with van der Waals surface area (Å²) in [7, 11) is 0. The quantitative estimate of drug-likeness (QED) is 0.541. The van der Waals surface area contributed by atoms with Gasteiger partial charge in [0.05, 0.1) is 0 Å². The van der Waals surface area contributed by atoms with Gasteiger partial charge in [0.15, 0.2) is 0 Å². The molecule has 37 valence electrons. The summed E-state index contributed by atoms with van der Waals surface area (Å²) in [4.78, 5) is 2.93. The molecule has 0 fully saturated rings. The fourth-order valence-electron chi connectivity index (χ4n) is 0.522. The molecule has 0 aliphatic carbocycles. The Morgan fingerprint density at radius 3 is 3.00 bits per heavy atom. The second-order valence-corrected chi connectivity index (χ2v) is 1.48. The van der Waals surface area contributed by atoms with Gasteiger partial charge in [0, 0.05) is 18.5 Å². The van der Waals surface area contributed by atoms with Crippen LogP contribution in [0.1, 0.15) is 12.5 Å². The van der Waals surface area contributed by atoms with E-state index in [2.05, 4.69) is 18.0 Å². The van der Waals surface area contributed by atoms with Crippen molar-refractivity contribution in [2.75, 3.05) is 0 Å². The maximum Gasteiger partial charge on any atom is 0.00877 e. The van der Waals surface area contributed by atoms with Crippen LogP contribution in [-0.2, 0) is 6.42 Å². The Kier molecular flexibility index (Phi) is 1.16. The van der Waals surface area contributed by atoms with Gasteiger partial charge in [0.1, 0.15) is 0 Å². The van der Waals surface area contributed by atoms with Crippen molar-refractivity contribution in [2.45, 2.75) is 13.3 Å². The van der Waals surface area contributed by atoms with E-state index in [1.54, 1.807) is 0 Å². The minimum absolute atomic E-state index is 1.07. The largest absolute Gasteiger partial charge is 0.367 e. The molecule has 7 heavy (non-hydrogen) atoms. The first kappa shape index (κ1) is 4.44. The smallest absolute Gasteiger partial charge is 0.00877 e. The number of H-pyrrole nitrogens is 1. The van der Waals surface area contributed by atoms with Gasteiger partial charge in [-0.05, 0) is 12.0 Å². The lowest BCUT2D eigenvalue weighted by molar-refractivity contribution is 1.14. The van der Waals surface area contributed by atoms with Crippen LogP contribution in [0.15, 0.2) is 12.4 Å². The van der Waals surface area contributed by atoms with Gasteiger partial charge in [0.25, 0.3) is 0 Å². The summed E-state index contributed by atoms with van der Waals surface area (Å²) in [5.41, 5.74) is 1.25. The maximum atomic E-state index is 3.03. The number of aromatic nitrogens is 1. The fraction of sp³-hybridized carbons (Fsp3) is 0.333. The normalized spacial score (nSPS) is 9.29. The first-order valence-electron chi connectivity index (χ1n) is 2.47. The molecule has 0 aliphatic heterocycles. The summed E-state index contributed by atoms with van der Waals surface area (Å²) in [5, 5.41) is 0. The van der Waals surface area contributed by atoms with E-state index in [0.717, 1.165) is 6.42 Å². The van der Waals surface area contributed by atoms with E-state index in [1.807, 2.05) is 12.4 Å². The molecule has 1 rings (SSSR count). The third-order valence-corrected chi connectivity index (χ3v) is 0.979. The first-order valence-corrected chi connectivity index (χ1v) is 2.47. The molecule has 1 heterocycles. The number of hydrogen-bond acceptors (Lipinski definition) is 0. The van der Waals surface area contributed by atoms with Crippen LogP contribution in [0.2, 0.25) is 0 Å². The molecule has 0 bridgehead atoms. The SMILES string of the molecule is CCc1[c]c[nH]c1. The highest BCUT2D eigenvalue weighted by atomic mass is 14.6. The first-order chi connectivity index (χ1) is 3.43. The van der Waals surface area contributed by atoms with Gasteiger partial charge >= 0.3 is 0 Å². The molecule has 0 saturated heterocycles. The van der Waals surface area contributed by atoms with E-state index in [4.69, 9.17) is 0 Å². The predicted octanol–water partition coefficient (Wildman–Crippen LogP) is 1.38. The highest BCUT2D eigenvalue weighted by molar-refractivity contribution is 5.04. The Bertz CT molecular complexity index is 119. The molecule has 0 saturated carbocycles. The molecule has 0 aliphatic rings. The van der Waals surface area contributed by atoms with Crippen molar-refractivity contribution >= 4 is 0 Å². The van der Waals surface area contributed by atoms with E-state index in [-0.39, 0.29) is 0 Å². The van der Waals surface area contributed by atoms with Gasteiger partial charge < -0.3 is 4.98 Å². The molecule has 1 N–H and O–H groups in total. The van der Waals surface area contributed by atoms with Crippen LogP contribution >= 0.6 is 0 Å². The van der Waals surface area contributed by atoms with E-state index < -0.39 is 0 Å². The molecule has 1 aromatic rings. The molecule has 0 amide bonds. The van der Waals surface area contributed by atoms with Crippen molar-refractivity contribution in [1.82, 2.24) is 4.98 Å². The van der Waals surface area contributed by atoms with E-state index in [1.165, 1.54) is 5.56 Å². The Labute approximate surface area is 43.4 Å². The lowest BCUT2D eigenvalue weighted by atomic mass is 10.3. The summed E-state index contributed by atoms with van der Waals surface area (Å²) in [6.45, 7) is 2.11. The van der Waals surface area contributed by atoms with Crippen molar-refractivity contribution in [2.24, 2.45) is 0 Å². The standard InChI is InChI=1S/C6H8N/c1-2-6-3-4-7-5-6/h4-5,7H,2H2,1H3. The second-order valence-electron chi connectivity index (χ2n) is 1.48. The van der Waals surface area contributed by atoms with Crippen LogP contribution < -0.4 is 0 Å². The van der Waals surface area contributed by atoms with Crippen molar-refractivity contribution in [3.63, 3.8) is 0 Å². The molecule has 1 nitrogen and oxygen atoms in total. The van der Waals surface area contributed by atoms with Crippen LogP contribution in [0.5, 0.6) is 0 Å². The predicted molar refractivity (Wildman–Crippen MR) is 29.0 cm³/mol. The molecule has 1 heteroatoms. The molecule has 1 aromatic heterocycles. The monoisotopic (exact) mass is 94.1 g/mol. The summed E-state index contributed by atoms with van der Waals surface area (Å²) in [6.07, 6.45) is 4.85. The van der Waals surface area contributed by atoms with Gasteiger partial charge in [0.2, 0.25) is 0 Å². The van der Waals surface area contributed by atoms with Crippen LogP contribution in [0.3, 0.4) is 0 Å². The number of nitrogens with one attached hydrogen (secondary N) is 1. The Balaban J connectivity index is 2.76. The minimum atomic E-state index is 1.07. The lowest BCUT2D eigenvalue weighted by Gasteiger charge is -1.77. The number of rotatable bonds is 1. The third kappa shape index (κ3) is 0.829. The van der Waals surface area contributed by atoms with Crippen LogP contribution in [0.4, 0.5) is 0 Å². The second kappa shape index (κ2) is 1.82. The zero-order chi connectivity index (χ0) is 5.11. The van der Waals surface area contributed by atoms with E-state index in [0.29, 0.717) is 0 Å². The summed E-state index contributed by atoms with van der Waals surface area (Å²) < 4.78 is 0. The molecule has 0 unspecified atom stereocenters. The molecular weight excluding hydrogens is 86.1 g/mol. The Morgan fingerprint density at radius 1 is 1.86 bits per heavy atom. The van der Waals surface area contributed by atoms with Crippen LogP contribution in [0.25, 0.3) is 0 Å². The van der Waals surface area contributed by atoms with Crippen molar-refractivity contribution in [3.05, 3.63) is 24.0 Å². The highest BCUT2D eigenvalue weighted by Crippen LogP contribution is 1.93. The van der Waals surface area contributed by atoms with Crippen LogP contribution in [0, 0.1) is 6.07 Å². The van der Waals surface area contributed by atoms with E-state index >= 15 is 0 Å².